The van der Waals surface area contributed by atoms with Gasteiger partial charge in [-0.05, 0) is 36.1 Å². The van der Waals surface area contributed by atoms with Gasteiger partial charge in [0.25, 0.3) is 11.8 Å². The van der Waals surface area contributed by atoms with Crippen molar-refractivity contribution in [2.75, 3.05) is 12.8 Å². The van der Waals surface area contributed by atoms with Crippen molar-refractivity contribution in [1.82, 2.24) is 15.7 Å². The van der Waals surface area contributed by atoms with E-state index in [0.29, 0.717) is 0 Å². The molecule has 7 heteroatoms. The number of thioether (sulfide) groups is 1. The Balaban J connectivity index is 1.76. The van der Waals surface area contributed by atoms with E-state index in [1.54, 1.807) is 36.2 Å². The number of aromatic nitrogens is 1. The molecule has 0 unspecified atom stereocenters. The van der Waals surface area contributed by atoms with Crippen LogP contribution < -0.4 is 10.7 Å². The van der Waals surface area contributed by atoms with Gasteiger partial charge in [-0.1, -0.05) is 18.2 Å². The highest BCUT2D eigenvalue weighted by atomic mass is 32.2. The Morgan fingerprint density at radius 3 is 2.65 bits per heavy atom. The fourth-order valence-electron chi connectivity index (χ4n) is 1.66. The lowest BCUT2D eigenvalue weighted by Crippen LogP contribution is -2.35. The molecule has 0 saturated carbocycles. The van der Waals surface area contributed by atoms with E-state index in [4.69, 9.17) is 0 Å². The van der Waals surface area contributed by atoms with Gasteiger partial charge in [-0.15, -0.1) is 11.8 Å². The number of carbonyl (C=O) groups excluding carboxylic acids is 2. The van der Waals surface area contributed by atoms with E-state index in [2.05, 4.69) is 20.8 Å². The van der Waals surface area contributed by atoms with Crippen LogP contribution >= 0.6 is 11.8 Å². The summed E-state index contributed by atoms with van der Waals surface area (Å²) < 4.78 is 0. The Labute approximate surface area is 138 Å². The summed E-state index contributed by atoms with van der Waals surface area (Å²) in [4.78, 5) is 28.4. The fraction of sp³-hybridized carbons (Fsp3) is 0.125. The number of rotatable bonds is 6. The second kappa shape index (κ2) is 8.70. The highest BCUT2D eigenvalue weighted by Crippen LogP contribution is 2.13. The maximum Gasteiger partial charge on any atom is 0.270 e. The number of amides is 2. The van der Waals surface area contributed by atoms with E-state index < -0.39 is 11.8 Å². The van der Waals surface area contributed by atoms with Crippen LogP contribution in [-0.4, -0.2) is 35.8 Å². The third-order valence-electron chi connectivity index (χ3n) is 2.83. The van der Waals surface area contributed by atoms with Crippen molar-refractivity contribution < 1.29 is 9.59 Å². The molecule has 1 heterocycles. The molecule has 0 aliphatic heterocycles. The van der Waals surface area contributed by atoms with Gasteiger partial charge in [0, 0.05) is 11.1 Å². The first-order valence-corrected chi connectivity index (χ1v) is 8.06. The Morgan fingerprint density at radius 1 is 1.22 bits per heavy atom. The van der Waals surface area contributed by atoms with Crippen LogP contribution in [0.25, 0.3) is 0 Å². The minimum Gasteiger partial charge on any atom is -0.342 e. The van der Waals surface area contributed by atoms with Crippen molar-refractivity contribution in [3.63, 3.8) is 0 Å². The molecular formula is C16H16N4O2S. The van der Waals surface area contributed by atoms with Gasteiger partial charge >= 0.3 is 0 Å². The summed E-state index contributed by atoms with van der Waals surface area (Å²) in [5.41, 5.74) is 3.49. The van der Waals surface area contributed by atoms with Crippen LogP contribution in [0.2, 0.25) is 0 Å². The van der Waals surface area contributed by atoms with Gasteiger partial charge in [-0.2, -0.15) is 5.10 Å². The van der Waals surface area contributed by atoms with Gasteiger partial charge < -0.3 is 5.32 Å². The van der Waals surface area contributed by atoms with Crippen LogP contribution in [0.3, 0.4) is 0 Å². The summed E-state index contributed by atoms with van der Waals surface area (Å²) in [6.45, 7) is -0.168. The molecule has 0 bridgehead atoms. The lowest BCUT2D eigenvalue weighted by Gasteiger charge is -2.03. The highest BCUT2D eigenvalue weighted by molar-refractivity contribution is 7.98. The zero-order valence-electron chi connectivity index (χ0n) is 12.5. The van der Waals surface area contributed by atoms with Crippen molar-refractivity contribution in [3.8, 4) is 0 Å². The number of nitrogens with one attached hydrogen (secondary N) is 2. The van der Waals surface area contributed by atoms with Crippen LogP contribution in [0.1, 0.15) is 16.1 Å². The van der Waals surface area contributed by atoms with Gasteiger partial charge in [0.1, 0.15) is 5.69 Å². The van der Waals surface area contributed by atoms with E-state index >= 15 is 0 Å². The van der Waals surface area contributed by atoms with Crippen LogP contribution in [0, 0.1) is 0 Å². The summed E-state index contributed by atoms with van der Waals surface area (Å²) in [7, 11) is 0. The molecule has 118 valence electrons. The summed E-state index contributed by atoms with van der Waals surface area (Å²) in [6, 6.07) is 12.7. The Hall–Kier alpha value is -2.67. The molecule has 23 heavy (non-hydrogen) atoms. The van der Waals surface area contributed by atoms with Crippen molar-refractivity contribution in [2.24, 2.45) is 5.10 Å². The van der Waals surface area contributed by atoms with Crippen LogP contribution in [0.15, 0.2) is 58.7 Å². The molecule has 0 aliphatic rings. The third-order valence-corrected chi connectivity index (χ3v) is 3.57. The van der Waals surface area contributed by atoms with E-state index in [9.17, 15) is 9.59 Å². The molecular weight excluding hydrogens is 312 g/mol. The molecule has 0 aliphatic carbocycles. The second-order valence-electron chi connectivity index (χ2n) is 4.46. The Kier molecular flexibility index (Phi) is 6.31. The zero-order valence-corrected chi connectivity index (χ0v) is 13.3. The van der Waals surface area contributed by atoms with Crippen molar-refractivity contribution in [1.29, 1.82) is 0 Å². The smallest absolute Gasteiger partial charge is 0.270 e. The minimum atomic E-state index is -0.411. The molecule has 1 aromatic heterocycles. The van der Waals surface area contributed by atoms with Crippen molar-refractivity contribution in [3.05, 3.63) is 59.9 Å². The van der Waals surface area contributed by atoms with Gasteiger partial charge in [0.15, 0.2) is 0 Å². The number of nitrogens with zero attached hydrogens (tertiary/aromatic N) is 2. The molecule has 0 atom stereocenters. The van der Waals surface area contributed by atoms with E-state index in [1.165, 1.54) is 6.20 Å². The summed E-state index contributed by atoms with van der Waals surface area (Å²) in [6.07, 6.45) is 5.06. The molecule has 1 aromatic carbocycles. The molecule has 0 saturated heterocycles. The predicted molar refractivity (Wildman–Crippen MR) is 90.5 cm³/mol. The third kappa shape index (κ3) is 5.55. The molecule has 2 rings (SSSR count). The number of pyridine rings is 1. The highest BCUT2D eigenvalue weighted by Gasteiger charge is 2.07. The first-order valence-electron chi connectivity index (χ1n) is 6.84. The van der Waals surface area contributed by atoms with Gasteiger partial charge in [-0.3, -0.25) is 14.6 Å². The first-order chi connectivity index (χ1) is 11.2. The molecule has 2 N–H and O–H groups in total. The van der Waals surface area contributed by atoms with Crippen molar-refractivity contribution >= 4 is 29.8 Å². The largest absolute Gasteiger partial charge is 0.342 e. The number of benzene rings is 1. The molecule has 2 amide bonds. The average Bonchev–Trinajstić information content (AvgIpc) is 2.61. The second-order valence-corrected chi connectivity index (χ2v) is 5.34. The molecule has 2 aromatic rings. The Bertz CT molecular complexity index is 687. The van der Waals surface area contributed by atoms with Crippen LogP contribution in [0.4, 0.5) is 0 Å². The number of carbonyl (C=O) groups is 2. The van der Waals surface area contributed by atoms with Crippen LogP contribution in [-0.2, 0) is 4.79 Å². The molecule has 0 spiro atoms. The maximum absolute atomic E-state index is 11.7. The molecule has 0 fully saturated rings. The summed E-state index contributed by atoms with van der Waals surface area (Å²) >= 11 is 1.65. The first kappa shape index (κ1) is 16.7. The maximum atomic E-state index is 11.7. The molecule has 6 nitrogen and oxygen atoms in total. The van der Waals surface area contributed by atoms with Gasteiger partial charge in [0.2, 0.25) is 0 Å². The minimum absolute atomic E-state index is 0.168. The lowest BCUT2D eigenvalue weighted by atomic mass is 10.2. The summed E-state index contributed by atoms with van der Waals surface area (Å²) in [5, 5.41) is 6.32. The number of hydrazone groups is 1. The average molecular weight is 328 g/mol. The lowest BCUT2D eigenvalue weighted by molar-refractivity contribution is -0.120. The topological polar surface area (TPSA) is 83.5 Å². The zero-order chi connectivity index (χ0) is 16.5. The monoisotopic (exact) mass is 328 g/mol. The Morgan fingerprint density at radius 2 is 2.00 bits per heavy atom. The quantitative estimate of drug-likeness (QED) is 0.480. The van der Waals surface area contributed by atoms with E-state index in [1.807, 2.05) is 30.5 Å². The predicted octanol–water partition coefficient (Wildman–Crippen LogP) is 1.68. The SMILES string of the molecule is CSc1ccc(/C=N\NC(=O)CNC(=O)c2ccccn2)cc1. The van der Waals surface area contributed by atoms with Crippen molar-refractivity contribution in [2.45, 2.75) is 4.90 Å². The fourth-order valence-corrected chi connectivity index (χ4v) is 2.06. The normalized spacial score (nSPS) is 10.5. The van der Waals surface area contributed by atoms with Crippen LogP contribution in [0.5, 0.6) is 0 Å². The van der Waals surface area contributed by atoms with E-state index in [-0.39, 0.29) is 12.2 Å². The van der Waals surface area contributed by atoms with Gasteiger partial charge in [0.05, 0.1) is 12.8 Å². The van der Waals surface area contributed by atoms with E-state index in [0.717, 1.165) is 10.5 Å². The molecule has 0 radical (unpaired) electrons. The van der Waals surface area contributed by atoms with Gasteiger partial charge in [-0.25, -0.2) is 5.43 Å². The number of hydrogen-bond acceptors (Lipinski definition) is 5. The summed E-state index contributed by atoms with van der Waals surface area (Å²) in [5.74, 6) is -0.816. The standard InChI is InChI=1S/C16H16N4O2S/c1-23-13-7-5-12(6-8-13)10-19-20-15(21)11-18-16(22)14-4-2-3-9-17-14/h2-10H,11H2,1H3,(H,18,22)(H,20,21)/b19-10-. The number of hydrogen-bond donors (Lipinski definition) is 2.